The van der Waals surface area contributed by atoms with E-state index >= 15 is 0 Å². The summed E-state index contributed by atoms with van der Waals surface area (Å²) in [6.07, 6.45) is 1.00. The fraction of sp³-hybridized carbons (Fsp3) is 0.708. The van der Waals surface area contributed by atoms with Crippen molar-refractivity contribution < 1.29 is 48.9 Å². The van der Waals surface area contributed by atoms with Crippen LogP contribution in [0.4, 0.5) is 0 Å². The van der Waals surface area contributed by atoms with Crippen molar-refractivity contribution >= 4 is 41.9 Å². The molecule has 0 aromatic carbocycles. The van der Waals surface area contributed by atoms with Gasteiger partial charge in [0.15, 0.2) is 0 Å². The van der Waals surface area contributed by atoms with Gasteiger partial charge < -0.3 is 58.6 Å². The minimum atomic E-state index is -1.60. The van der Waals surface area contributed by atoms with Crippen molar-refractivity contribution in [2.24, 2.45) is 17.2 Å². The van der Waals surface area contributed by atoms with Crippen molar-refractivity contribution in [2.45, 2.75) is 88.0 Å². The topological polar surface area (TPSA) is 306 Å². The smallest absolute Gasteiger partial charge is 0.305 e. The summed E-state index contributed by atoms with van der Waals surface area (Å²) >= 11 is 0. The van der Waals surface area contributed by atoms with Crippen molar-refractivity contribution in [3.63, 3.8) is 0 Å². The van der Waals surface area contributed by atoms with Crippen LogP contribution in [-0.2, 0) is 33.6 Å². The van der Waals surface area contributed by atoms with E-state index < -0.39 is 85.2 Å². The highest BCUT2D eigenvalue weighted by Crippen LogP contribution is 2.06. The molecule has 0 spiro atoms. The lowest BCUT2D eigenvalue weighted by atomic mass is 10.0. The van der Waals surface area contributed by atoms with Gasteiger partial charge in [-0.1, -0.05) is 6.42 Å². The Bertz CT molecular complexity index is 889. The average Bonchev–Trinajstić information content (AvgIpc) is 2.92. The number of carboxylic acid groups (broad SMARTS) is 2. The van der Waals surface area contributed by atoms with E-state index in [0.29, 0.717) is 32.2 Å². The van der Waals surface area contributed by atoms with E-state index in [4.69, 9.17) is 27.4 Å². The molecule has 0 saturated carbocycles. The van der Waals surface area contributed by atoms with E-state index in [9.17, 15) is 38.7 Å². The van der Waals surface area contributed by atoms with E-state index in [0.717, 1.165) is 0 Å². The molecule has 0 rings (SSSR count). The first-order valence-corrected chi connectivity index (χ1v) is 13.3. The molecule has 0 radical (unpaired) electrons. The summed E-state index contributed by atoms with van der Waals surface area (Å²) in [4.78, 5) is 84.1. The minimum absolute atomic E-state index is 0.0305. The van der Waals surface area contributed by atoms with Crippen molar-refractivity contribution in [3.8, 4) is 0 Å². The third kappa shape index (κ3) is 16.3. The van der Waals surface area contributed by atoms with Crippen molar-refractivity contribution in [3.05, 3.63) is 0 Å². The first kappa shape index (κ1) is 37.3. The number of carbonyl (C=O) groups excluding carboxylic acids is 5. The van der Waals surface area contributed by atoms with Crippen LogP contribution in [0.1, 0.15) is 57.8 Å². The Morgan fingerprint density at radius 2 is 1.15 bits per heavy atom. The van der Waals surface area contributed by atoms with Crippen molar-refractivity contribution in [1.29, 1.82) is 0 Å². The number of amides is 4. The fourth-order valence-electron chi connectivity index (χ4n) is 3.56. The quantitative estimate of drug-likeness (QED) is 0.0402. The molecule has 17 heteroatoms. The SMILES string of the molecule is NCCCC[C@H](NC(=O)[C@H](CCC(=O)O)NC(=O)[C@@H](N)CCCCN)C(=O)N[C@@H](CO)C(=O)N[C@H](C=O)CC(=O)O. The summed E-state index contributed by atoms with van der Waals surface area (Å²) < 4.78 is 0. The molecule has 41 heavy (non-hydrogen) atoms. The Kier molecular flexibility index (Phi) is 19.2. The maximum absolute atomic E-state index is 13.1. The predicted octanol–water partition coefficient (Wildman–Crippen LogP) is -3.96. The standard InChI is InChI=1S/C24H43N7O10/c25-9-3-1-5-15(27)21(38)29-17(7-8-19(34)35)23(40)30-16(6-2-4-10-26)22(39)31-18(13-33)24(41)28-14(12-32)11-20(36)37/h12,14-18,33H,1-11,13,25-27H2,(H,28,41)(H,29,38)(H,30,40)(H,31,39)(H,34,35)(H,36,37)/t14-,15-,16-,17-,18-/m0/s1. The van der Waals surface area contributed by atoms with Crippen LogP contribution in [-0.4, -0.2) is 107 Å². The molecular formula is C24H43N7O10. The first-order chi connectivity index (χ1) is 19.4. The van der Waals surface area contributed by atoms with E-state index in [1.807, 2.05) is 0 Å². The van der Waals surface area contributed by atoms with Crippen LogP contribution in [0.15, 0.2) is 0 Å². The van der Waals surface area contributed by atoms with Crippen LogP contribution in [0.3, 0.4) is 0 Å². The van der Waals surface area contributed by atoms with Gasteiger partial charge in [0.2, 0.25) is 23.6 Å². The van der Waals surface area contributed by atoms with Crippen molar-refractivity contribution in [1.82, 2.24) is 21.3 Å². The maximum atomic E-state index is 13.1. The highest BCUT2D eigenvalue weighted by molar-refractivity contribution is 5.95. The molecule has 0 aliphatic heterocycles. The van der Waals surface area contributed by atoms with Crippen LogP contribution >= 0.6 is 0 Å². The number of aliphatic carboxylic acids is 2. The molecule has 0 aromatic heterocycles. The molecule has 4 amide bonds. The van der Waals surface area contributed by atoms with Gasteiger partial charge in [0.25, 0.3) is 0 Å². The van der Waals surface area contributed by atoms with Gasteiger partial charge in [0.05, 0.1) is 25.1 Å². The van der Waals surface area contributed by atoms with Gasteiger partial charge in [-0.25, -0.2) is 0 Å². The Morgan fingerprint density at radius 3 is 1.63 bits per heavy atom. The molecule has 5 atom stereocenters. The molecule has 0 unspecified atom stereocenters. The molecule has 0 aliphatic carbocycles. The zero-order chi connectivity index (χ0) is 31.4. The molecule has 0 heterocycles. The Labute approximate surface area is 237 Å². The van der Waals surface area contributed by atoms with Crippen LogP contribution in [0.25, 0.3) is 0 Å². The monoisotopic (exact) mass is 589 g/mol. The average molecular weight is 590 g/mol. The second-order valence-electron chi connectivity index (χ2n) is 9.32. The largest absolute Gasteiger partial charge is 0.481 e. The molecule has 13 N–H and O–H groups in total. The molecule has 234 valence electrons. The molecule has 0 fully saturated rings. The number of aliphatic hydroxyl groups is 1. The Hall–Kier alpha value is -3.67. The first-order valence-electron chi connectivity index (χ1n) is 13.3. The maximum Gasteiger partial charge on any atom is 0.305 e. The summed E-state index contributed by atoms with van der Waals surface area (Å²) in [5, 5.41) is 36.7. The molecule has 0 saturated heterocycles. The lowest BCUT2D eigenvalue weighted by Crippen LogP contribution is -2.59. The highest BCUT2D eigenvalue weighted by Gasteiger charge is 2.31. The number of rotatable bonds is 23. The Balaban J connectivity index is 5.64. The zero-order valence-corrected chi connectivity index (χ0v) is 22.9. The van der Waals surface area contributed by atoms with Gasteiger partial charge in [0.1, 0.15) is 24.4 Å². The van der Waals surface area contributed by atoms with E-state index in [2.05, 4.69) is 21.3 Å². The Morgan fingerprint density at radius 1 is 0.659 bits per heavy atom. The minimum Gasteiger partial charge on any atom is -0.481 e. The number of nitrogens with one attached hydrogen (secondary N) is 4. The zero-order valence-electron chi connectivity index (χ0n) is 22.9. The van der Waals surface area contributed by atoms with Gasteiger partial charge in [-0.3, -0.25) is 28.8 Å². The highest BCUT2D eigenvalue weighted by atomic mass is 16.4. The van der Waals surface area contributed by atoms with Gasteiger partial charge in [-0.05, 0) is 51.6 Å². The number of unbranched alkanes of at least 4 members (excludes halogenated alkanes) is 2. The number of hydrogen-bond acceptors (Lipinski definition) is 11. The summed E-state index contributed by atoms with van der Waals surface area (Å²) in [5.74, 6) is -6.12. The lowest BCUT2D eigenvalue weighted by molar-refractivity contribution is -0.139. The number of nitrogens with two attached hydrogens (primary N) is 3. The predicted molar refractivity (Wildman–Crippen MR) is 144 cm³/mol. The lowest BCUT2D eigenvalue weighted by Gasteiger charge is -2.25. The van der Waals surface area contributed by atoms with E-state index in [1.165, 1.54) is 0 Å². The van der Waals surface area contributed by atoms with Crippen LogP contribution in [0.2, 0.25) is 0 Å². The molecule has 0 aromatic rings. The number of aliphatic hydroxyl groups excluding tert-OH is 1. The summed E-state index contributed by atoms with van der Waals surface area (Å²) in [6.45, 7) is -0.233. The summed E-state index contributed by atoms with van der Waals surface area (Å²) in [6, 6.07) is -6.64. The summed E-state index contributed by atoms with van der Waals surface area (Å²) in [5.41, 5.74) is 16.8. The second kappa shape index (κ2) is 21.1. The molecule has 0 bridgehead atoms. The second-order valence-corrected chi connectivity index (χ2v) is 9.32. The number of hydrogen-bond donors (Lipinski definition) is 10. The normalized spacial score (nSPS) is 14.4. The summed E-state index contributed by atoms with van der Waals surface area (Å²) in [7, 11) is 0. The van der Waals surface area contributed by atoms with Gasteiger partial charge in [-0.15, -0.1) is 0 Å². The van der Waals surface area contributed by atoms with Gasteiger partial charge in [-0.2, -0.15) is 0 Å². The number of carbonyl (C=O) groups is 7. The molecule has 17 nitrogen and oxygen atoms in total. The van der Waals surface area contributed by atoms with Crippen molar-refractivity contribution in [2.75, 3.05) is 19.7 Å². The van der Waals surface area contributed by atoms with Crippen LogP contribution in [0.5, 0.6) is 0 Å². The third-order valence-electron chi connectivity index (χ3n) is 5.87. The van der Waals surface area contributed by atoms with Crippen LogP contribution < -0.4 is 38.5 Å². The number of aldehydes is 1. The van der Waals surface area contributed by atoms with E-state index in [-0.39, 0.29) is 32.1 Å². The van der Waals surface area contributed by atoms with Gasteiger partial charge >= 0.3 is 11.9 Å². The third-order valence-corrected chi connectivity index (χ3v) is 5.87. The molecule has 0 aliphatic rings. The fourth-order valence-corrected chi connectivity index (χ4v) is 3.56. The molecular weight excluding hydrogens is 546 g/mol. The van der Waals surface area contributed by atoms with Gasteiger partial charge in [0, 0.05) is 6.42 Å². The number of carboxylic acids is 2. The van der Waals surface area contributed by atoms with E-state index in [1.54, 1.807) is 0 Å². The van der Waals surface area contributed by atoms with Crippen LogP contribution in [0, 0.1) is 0 Å².